The van der Waals surface area contributed by atoms with Crippen LogP contribution in [0.3, 0.4) is 0 Å². The normalized spacial score (nSPS) is 15.6. The van der Waals surface area contributed by atoms with E-state index in [4.69, 9.17) is 0 Å². The Labute approximate surface area is 152 Å². The number of aryl methyl sites for hydroxylation is 2. The molecule has 0 unspecified atom stereocenters. The zero-order valence-corrected chi connectivity index (χ0v) is 15.1. The molecule has 0 radical (unpaired) electrons. The van der Waals surface area contributed by atoms with Crippen molar-refractivity contribution >= 4 is 22.6 Å². The van der Waals surface area contributed by atoms with E-state index in [2.05, 4.69) is 4.98 Å². The number of hydrogen-bond donors (Lipinski definition) is 0. The van der Waals surface area contributed by atoms with Gasteiger partial charge >= 0.3 is 0 Å². The number of benzene rings is 2. The maximum Gasteiger partial charge on any atom is 0.235 e. The first-order valence-corrected chi connectivity index (χ1v) is 9.02. The minimum absolute atomic E-state index is 0.0583. The Hall–Kier alpha value is -2.69. The molecule has 0 N–H and O–H groups in total. The van der Waals surface area contributed by atoms with Crippen molar-refractivity contribution < 1.29 is 9.18 Å². The van der Waals surface area contributed by atoms with Gasteiger partial charge in [-0.05, 0) is 62.1 Å². The highest BCUT2D eigenvalue weighted by Crippen LogP contribution is 2.27. The number of anilines is 1. The van der Waals surface area contributed by atoms with Crippen LogP contribution in [0.4, 0.5) is 10.1 Å². The molecular formula is C21H22FN3O. The van der Waals surface area contributed by atoms with Crippen LogP contribution in [-0.2, 0) is 0 Å². The van der Waals surface area contributed by atoms with Crippen LogP contribution in [0.25, 0.3) is 11.0 Å². The summed E-state index contributed by atoms with van der Waals surface area (Å²) in [6, 6.07) is 10.9. The maximum atomic E-state index is 14.0. The number of piperidine rings is 1. The van der Waals surface area contributed by atoms with Gasteiger partial charge in [0.25, 0.3) is 0 Å². The predicted octanol–water partition coefficient (Wildman–Crippen LogP) is 4.35. The fraction of sp³-hybridized carbons (Fsp3) is 0.333. The van der Waals surface area contributed by atoms with Gasteiger partial charge in [0.15, 0.2) is 0 Å². The molecule has 1 aromatic heterocycles. The van der Waals surface area contributed by atoms with Gasteiger partial charge in [0.05, 0.1) is 16.7 Å². The van der Waals surface area contributed by atoms with Crippen molar-refractivity contribution in [2.45, 2.75) is 26.7 Å². The lowest BCUT2D eigenvalue weighted by atomic mass is 9.95. The molecule has 4 rings (SSSR count). The van der Waals surface area contributed by atoms with Crippen LogP contribution in [0.1, 0.15) is 28.8 Å². The summed E-state index contributed by atoms with van der Waals surface area (Å²) in [6.45, 7) is 5.46. The summed E-state index contributed by atoms with van der Waals surface area (Å²) < 4.78 is 15.7. The van der Waals surface area contributed by atoms with Crippen LogP contribution in [0.15, 0.2) is 42.7 Å². The number of para-hydroxylation sites is 1. The van der Waals surface area contributed by atoms with Gasteiger partial charge in [-0.15, -0.1) is 0 Å². The molecule has 134 valence electrons. The zero-order chi connectivity index (χ0) is 18.3. The largest absolute Gasteiger partial charge is 0.369 e. The number of imidazole rings is 1. The summed E-state index contributed by atoms with van der Waals surface area (Å²) in [5, 5.41) is 0. The van der Waals surface area contributed by atoms with E-state index in [0.717, 1.165) is 29.4 Å². The maximum absolute atomic E-state index is 14.0. The second kappa shape index (κ2) is 6.56. The average molecular weight is 351 g/mol. The number of nitrogens with zero attached hydrogens (tertiary/aromatic N) is 3. The topological polar surface area (TPSA) is 38.1 Å². The third-order valence-electron chi connectivity index (χ3n) is 5.44. The van der Waals surface area contributed by atoms with E-state index in [1.807, 2.05) is 36.9 Å². The summed E-state index contributed by atoms with van der Waals surface area (Å²) in [5.74, 6) is -0.176. The molecule has 0 bridgehead atoms. The Morgan fingerprint density at radius 1 is 1.12 bits per heavy atom. The third kappa shape index (κ3) is 2.87. The standard InChI is InChI=1S/C21H22FN3O/c1-14-11-18-20(12-15(14)2)25(13-23-18)21(26)16-7-9-24(10-8-16)19-6-4-3-5-17(19)22/h3-6,11-13,16H,7-10H2,1-2H3. The molecule has 1 aliphatic rings. The van der Waals surface area contributed by atoms with Gasteiger partial charge < -0.3 is 4.90 Å². The fourth-order valence-corrected chi connectivity index (χ4v) is 3.71. The molecule has 1 saturated heterocycles. The molecule has 3 aromatic rings. The first-order valence-electron chi connectivity index (χ1n) is 9.02. The molecule has 0 spiro atoms. The number of hydrogen-bond acceptors (Lipinski definition) is 3. The van der Waals surface area contributed by atoms with Crippen LogP contribution >= 0.6 is 0 Å². The Morgan fingerprint density at radius 3 is 2.54 bits per heavy atom. The SMILES string of the molecule is Cc1cc2ncn(C(=O)C3CCN(c4ccccc4F)CC3)c2cc1C. The van der Waals surface area contributed by atoms with Crippen molar-refractivity contribution in [1.82, 2.24) is 9.55 Å². The summed E-state index contributed by atoms with van der Waals surface area (Å²) in [4.78, 5) is 19.4. The smallest absolute Gasteiger partial charge is 0.235 e. The lowest BCUT2D eigenvalue weighted by molar-refractivity contribution is 0.0818. The van der Waals surface area contributed by atoms with Gasteiger partial charge in [-0.2, -0.15) is 0 Å². The van der Waals surface area contributed by atoms with E-state index in [9.17, 15) is 9.18 Å². The number of carbonyl (C=O) groups excluding carboxylic acids is 1. The van der Waals surface area contributed by atoms with Crippen molar-refractivity contribution in [1.29, 1.82) is 0 Å². The first-order chi connectivity index (χ1) is 12.5. The summed E-state index contributed by atoms with van der Waals surface area (Å²) in [7, 11) is 0. The summed E-state index contributed by atoms with van der Waals surface area (Å²) >= 11 is 0. The Morgan fingerprint density at radius 2 is 1.81 bits per heavy atom. The van der Waals surface area contributed by atoms with Crippen LogP contribution in [-0.4, -0.2) is 28.5 Å². The van der Waals surface area contributed by atoms with Gasteiger partial charge in [0.2, 0.25) is 5.91 Å². The number of rotatable bonds is 2. The number of fused-ring (bicyclic) bond motifs is 1. The van der Waals surface area contributed by atoms with E-state index in [0.29, 0.717) is 18.8 Å². The molecule has 0 saturated carbocycles. The first kappa shape index (κ1) is 16.8. The molecule has 0 atom stereocenters. The highest BCUT2D eigenvalue weighted by Gasteiger charge is 2.28. The number of carbonyl (C=O) groups is 1. The van der Waals surface area contributed by atoms with Gasteiger partial charge in [-0.1, -0.05) is 12.1 Å². The molecule has 26 heavy (non-hydrogen) atoms. The monoisotopic (exact) mass is 351 g/mol. The van der Waals surface area contributed by atoms with Crippen molar-refractivity contribution in [3.63, 3.8) is 0 Å². The molecule has 0 aliphatic carbocycles. The van der Waals surface area contributed by atoms with Crippen molar-refractivity contribution in [2.24, 2.45) is 5.92 Å². The molecular weight excluding hydrogens is 329 g/mol. The minimum atomic E-state index is -0.205. The molecule has 0 amide bonds. The molecule has 5 heteroatoms. The highest BCUT2D eigenvalue weighted by molar-refractivity contribution is 5.92. The van der Waals surface area contributed by atoms with Gasteiger partial charge in [0.1, 0.15) is 12.1 Å². The van der Waals surface area contributed by atoms with Crippen LogP contribution in [0.5, 0.6) is 0 Å². The van der Waals surface area contributed by atoms with E-state index >= 15 is 0 Å². The van der Waals surface area contributed by atoms with Crippen molar-refractivity contribution in [3.8, 4) is 0 Å². The second-order valence-corrected chi connectivity index (χ2v) is 7.09. The van der Waals surface area contributed by atoms with Gasteiger partial charge in [-0.3, -0.25) is 9.36 Å². The van der Waals surface area contributed by atoms with Crippen LogP contribution < -0.4 is 4.90 Å². The Bertz CT molecular complexity index is 971. The number of halogens is 1. The third-order valence-corrected chi connectivity index (χ3v) is 5.44. The predicted molar refractivity (Wildman–Crippen MR) is 101 cm³/mol. The summed E-state index contributed by atoms with van der Waals surface area (Å²) in [6.07, 6.45) is 3.07. The van der Waals surface area contributed by atoms with E-state index in [-0.39, 0.29) is 17.6 Å². The zero-order valence-electron chi connectivity index (χ0n) is 15.1. The van der Waals surface area contributed by atoms with E-state index < -0.39 is 0 Å². The van der Waals surface area contributed by atoms with Crippen molar-refractivity contribution in [2.75, 3.05) is 18.0 Å². The lowest BCUT2D eigenvalue weighted by Gasteiger charge is -2.33. The van der Waals surface area contributed by atoms with Crippen LogP contribution in [0.2, 0.25) is 0 Å². The molecule has 1 aliphatic heterocycles. The summed E-state index contributed by atoms with van der Waals surface area (Å²) in [5.41, 5.74) is 4.67. The minimum Gasteiger partial charge on any atom is -0.369 e. The lowest BCUT2D eigenvalue weighted by Crippen LogP contribution is -2.38. The second-order valence-electron chi connectivity index (χ2n) is 7.09. The van der Waals surface area contributed by atoms with E-state index in [1.165, 1.54) is 11.6 Å². The highest BCUT2D eigenvalue weighted by atomic mass is 19.1. The molecule has 2 aromatic carbocycles. The molecule has 4 nitrogen and oxygen atoms in total. The molecule has 2 heterocycles. The quantitative estimate of drug-likeness (QED) is 0.689. The van der Waals surface area contributed by atoms with Crippen molar-refractivity contribution in [3.05, 3.63) is 59.7 Å². The number of aromatic nitrogens is 2. The van der Waals surface area contributed by atoms with E-state index in [1.54, 1.807) is 23.0 Å². The van der Waals surface area contributed by atoms with Gasteiger partial charge in [0, 0.05) is 19.0 Å². The Kier molecular flexibility index (Phi) is 4.23. The van der Waals surface area contributed by atoms with Gasteiger partial charge in [-0.25, -0.2) is 9.37 Å². The average Bonchev–Trinajstić information content (AvgIpc) is 3.05. The molecule has 1 fully saturated rings. The fourth-order valence-electron chi connectivity index (χ4n) is 3.71. The van der Waals surface area contributed by atoms with Crippen LogP contribution in [0, 0.1) is 25.6 Å². The Balaban J connectivity index is 1.52.